The molecule has 0 amide bonds. The van der Waals surface area contributed by atoms with E-state index in [1.54, 1.807) is 12.4 Å². The van der Waals surface area contributed by atoms with Crippen LogP contribution in [0.5, 0.6) is 5.75 Å². The van der Waals surface area contributed by atoms with Crippen LogP contribution in [-0.2, 0) is 6.42 Å². The minimum atomic E-state index is 0.571. The Bertz CT molecular complexity index is 677. The maximum Gasteiger partial charge on any atom is 0.159 e. The summed E-state index contributed by atoms with van der Waals surface area (Å²) in [6.45, 7) is 5.06. The van der Waals surface area contributed by atoms with Crippen LogP contribution in [0.2, 0.25) is 0 Å². The summed E-state index contributed by atoms with van der Waals surface area (Å²) in [7, 11) is 0. The number of benzene rings is 1. The number of nitrogens with zero attached hydrogens (tertiary/aromatic N) is 2. The number of unbranched alkanes of at least 4 members (excludes halogenated alkanes) is 8. The van der Waals surface area contributed by atoms with Gasteiger partial charge in [0.05, 0.1) is 12.4 Å². The van der Waals surface area contributed by atoms with Gasteiger partial charge < -0.3 is 4.74 Å². The minimum Gasteiger partial charge on any atom is -0.486 e. The summed E-state index contributed by atoms with van der Waals surface area (Å²) in [6.07, 6.45) is 21.9. The van der Waals surface area contributed by atoms with Crippen molar-refractivity contribution in [3.63, 3.8) is 0 Å². The standard InChI is InChI=1S/C26H38N2O/c1-3-5-7-9-11-13-15-23-16-18-24(19-17-23)26-27-21-25(22-28-26)29-20-14-12-10-8-6-4-2/h12,14,16-19,21-22H,3-11,13,15,20H2,1-2H3. The molecular weight excluding hydrogens is 356 g/mol. The second-order valence-electron chi connectivity index (χ2n) is 7.74. The van der Waals surface area contributed by atoms with Crippen molar-refractivity contribution in [1.82, 2.24) is 9.97 Å². The Kier molecular flexibility index (Phi) is 11.8. The molecule has 0 aliphatic heterocycles. The maximum absolute atomic E-state index is 5.69. The second-order valence-corrected chi connectivity index (χ2v) is 7.74. The summed E-state index contributed by atoms with van der Waals surface area (Å²) in [6, 6.07) is 8.67. The van der Waals surface area contributed by atoms with Crippen molar-refractivity contribution in [1.29, 1.82) is 0 Å². The molecule has 0 spiro atoms. The van der Waals surface area contributed by atoms with Crippen LogP contribution in [0.4, 0.5) is 0 Å². The van der Waals surface area contributed by atoms with E-state index in [2.05, 4.69) is 60.2 Å². The van der Waals surface area contributed by atoms with E-state index >= 15 is 0 Å². The van der Waals surface area contributed by atoms with Gasteiger partial charge in [0.1, 0.15) is 6.61 Å². The Labute approximate surface area is 177 Å². The molecule has 0 radical (unpaired) electrons. The first-order valence-corrected chi connectivity index (χ1v) is 11.5. The molecule has 29 heavy (non-hydrogen) atoms. The highest BCUT2D eigenvalue weighted by molar-refractivity contribution is 5.55. The Morgan fingerprint density at radius 1 is 0.759 bits per heavy atom. The van der Waals surface area contributed by atoms with Gasteiger partial charge in [-0.3, -0.25) is 0 Å². The van der Waals surface area contributed by atoms with Gasteiger partial charge in [-0.2, -0.15) is 0 Å². The van der Waals surface area contributed by atoms with Crippen LogP contribution >= 0.6 is 0 Å². The minimum absolute atomic E-state index is 0.571. The van der Waals surface area contributed by atoms with Gasteiger partial charge in [0.25, 0.3) is 0 Å². The Morgan fingerprint density at radius 2 is 1.41 bits per heavy atom. The van der Waals surface area contributed by atoms with Gasteiger partial charge in [0.15, 0.2) is 11.6 Å². The van der Waals surface area contributed by atoms with E-state index < -0.39 is 0 Å². The van der Waals surface area contributed by atoms with Crippen molar-refractivity contribution in [3.8, 4) is 17.1 Å². The van der Waals surface area contributed by atoms with Gasteiger partial charge in [-0.05, 0) is 31.2 Å². The summed E-state index contributed by atoms with van der Waals surface area (Å²) < 4.78 is 5.69. The number of allylic oxidation sites excluding steroid dienone is 1. The van der Waals surface area contributed by atoms with E-state index in [4.69, 9.17) is 4.74 Å². The largest absolute Gasteiger partial charge is 0.486 e. The molecule has 0 saturated heterocycles. The van der Waals surface area contributed by atoms with Crippen LogP contribution < -0.4 is 4.74 Å². The predicted octanol–water partition coefficient (Wildman–Crippen LogP) is 7.56. The molecule has 2 aromatic rings. The van der Waals surface area contributed by atoms with E-state index in [-0.39, 0.29) is 0 Å². The number of aromatic nitrogens is 2. The summed E-state index contributed by atoms with van der Waals surface area (Å²) in [5.74, 6) is 1.46. The molecule has 0 fully saturated rings. The van der Waals surface area contributed by atoms with Gasteiger partial charge >= 0.3 is 0 Å². The van der Waals surface area contributed by atoms with Gasteiger partial charge in [0.2, 0.25) is 0 Å². The molecule has 1 heterocycles. The van der Waals surface area contributed by atoms with Gasteiger partial charge in [-0.1, -0.05) is 95.2 Å². The number of ether oxygens (including phenoxy) is 1. The summed E-state index contributed by atoms with van der Waals surface area (Å²) in [4.78, 5) is 8.92. The van der Waals surface area contributed by atoms with Gasteiger partial charge in [-0.15, -0.1) is 0 Å². The fourth-order valence-corrected chi connectivity index (χ4v) is 3.31. The lowest BCUT2D eigenvalue weighted by atomic mass is 10.0. The molecule has 0 bridgehead atoms. The molecule has 158 valence electrons. The molecule has 0 unspecified atom stereocenters. The summed E-state index contributed by atoms with van der Waals surface area (Å²) >= 11 is 0. The van der Waals surface area contributed by atoms with Crippen LogP contribution in [0.25, 0.3) is 11.4 Å². The maximum atomic E-state index is 5.69. The molecule has 0 saturated carbocycles. The highest BCUT2D eigenvalue weighted by atomic mass is 16.5. The molecule has 1 aromatic heterocycles. The molecule has 0 aliphatic carbocycles. The van der Waals surface area contributed by atoms with E-state index in [1.165, 1.54) is 63.4 Å². The molecule has 0 N–H and O–H groups in total. The fraction of sp³-hybridized carbons (Fsp3) is 0.538. The van der Waals surface area contributed by atoms with Gasteiger partial charge in [-0.25, -0.2) is 9.97 Å². The highest BCUT2D eigenvalue weighted by Crippen LogP contribution is 2.18. The van der Waals surface area contributed by atoms with Crippen molar-refractivity contribution in [2.75, 3.05) is 6.61 Å². The first-order chi connectivity index (χ1) is 14.3. The predicted molar refractivity (Wildman–Crippen MR) is 123 cm³/mol. The first-order valence-electron chi connectivity index (χ1n) is 11.5. The first kappa shape index (κ1) is 23.1. The van der Waals surface area contributed by atoms with E-state index in [1.807, 2.05) is 0 Å². The van der Waals surface area contributed by atoms with Crippen molar-refractivity contribution < 1.29 is 4.74 Å². The topological polar surface area (TPSA) is 35.0 Å². The zero-order valence-corrected chi connectivity index (χ0v) is 18.4. The Balaban J connectivity index is 1.72. The number of hydrogen-bond donors (Lipinski definition) is 0. The van der Waals surface area contributed by atoms with Crippen molar-refractivity contribution in [2.24, 2.45) is 0 Å². The summed E-state index contributed by atoms with van der Waals surface area (Å²) in [5.41, 5.74) is 2.45. The normalized spacial score (nSPS) is 11.2. The van der Waals surface area contributed by atoms with E-state index in [0.29, 0.717) is 12.4 Å². The Morgan fingerprint density at radius 3 is 2.14 bits per heavy atom. The van der Waals surface area contributed by atoms with E-state index in [9.17, 15) is 0 Å². The molecular formula is C26H38N2O. The van der Waals surface area contributed by atoms with Crippen LogP contribution in [-0.4, -0.2) is 16.6 Å². The molecule has 2 rings (SSSR count). The van der Waals surface area contributed by atoms with E-state index in [0.717, 1.165) is 24.2 Å². The molecule has 0 aliphatic rings. The summed E-state index contributed by atoms with van der Waals surface area (Å²) in [5, 5.41) is 0. The fourth-order valence-electron chi connectivity index (χ4n) is 3.31. The van der Waals surface area contributed by atoms with Crippen molar-refractivity contribution in [3.05, 3.63) is 54.4 Å². The number of hydrogen-bond acceptors (Lipinski definition) is 3. The molecule has 0 atom stereocenters. The quantitative estimate of drug-likeness (QED) is 0.231. The number of aryl methyl sites for hydroxylation is 1. The third-order valence-corrected chi connectivity index (χ3v) is 5.15. The average molecular weight is 395 g/mol. The third kappa shape index (κ3) is 9.74. The lowest BCUT2D eigenvalue weighted by molar-refractivity contribution is 0.359. The molecule has 3 nitrogen and oxygen atoms in total. The molecule has 1 aromatic carbocycles. The highest BCUT2D eigenvalue weighted by Gasteiger charge is 2.03. The zero-order chi connectivity index (χ0) is 20.6. The zero-order valence-electron chi connectivity index (χ0n) is 18.4. The average Bonchev–Trinajstić information content (AvgIpc) is 2.76. The SMILES string of the molecule is CCCCCC=CCOc1cnc(-c2ccc(CCCCCCCC)cc2)nc1. The third-order valence-electron chi connectivity index (χ3n) is 5.15. The second kappa shape index (κ2) is 14.8. The van der Waals surface area contributed by atoms with Crippen LogP contribution in [0.1, 0.15) is 83.6 Å². The smallest absolute Gasteiger partial charge is 0.159 e. The lowest BCUT2D eigenvalue weighted by Crippen LogP contribution is -1.96. The monoisotopic (exact) mass is 394 g/mol. The Hall–Kier alpha value is -2.16. The number of rotatable bonds is 15. The lowest BCUT2D eigenvalue weighted by Gasteiger charge is -2.06. The van der Waals surface area contributed by atoms with Crippen LogP contribution in [0.15, 0.2) is 48.8 Å². The van der Waals surface area contributed by atoms with Gasteiger partial charge in [0, 0.05) is 5.56 Å². The van der Waals surface area contributed by atoms with Crippen molar-refractivity contribution >= 4 is 0 Å². The van der Waals surface area contributed by atoms with Crippen LogP contribution in [0.3, 0.4) is 0 Å². The molecule has 3 heteroatoms. The van der Waals surface area contributed by atoms with Crippen LogP contribution in [0, 0.1) is 0 Å². The van der Waals surface area contributed by atoms with Crippen molar-refractivity contribution in [2.45, 2.75) is 84.5 Å².